The fraction of sp³-hybridized carbons (Fsp3) is 0.316. The zero-order chi connectivity index (χ0) is 18.5. The molecule has 1 aliphatic rings. The summed E-state index contributed by atoms with van der Waals surface area (Å²) in [4.78, 5) is 12.7. The maximum atomic E-state index is 12.6. The summed E-state index contributed by atoms with van der Waals surface area (Å²) >= 11 is 0. The lowest BCUT2D eigenvalue weighted by atomic mass is 9.87. The Morgan fingerprint density at radius 1 is 1.15 bits per heavy atom. The topological polar surface area (TPSA) is 72.5 Å². The van der Waals surface area contributed by atoms with E-state index in [1.54, 1.807) is 10.6 Å². The van der Waals surface area contributed by atoms with Crippen molar-refractivity contribution >= 4 is 21.1 Å². The Morgan fingerprint density at radius 2 is 1.92 bits per heavy atom. The van der Waals surface area contributed by atoms with Gasteiger partial charge in [-0.2, -0.15) is 0 Å². The number of fused-ring (bicyclic) bond motifs is 2. The minimum atomic E-state index is -3.58. The summed E-state index contributed by atoms with van der Waals surface area (Å²) in [6, 6.07) is 12.7. The monoisotopic (exact) mass is 372 g/mol. The van der Waals surface area contributed by atoms with Crippen LogP contribution in [0.15, 0.2) is 56.6 Å². The molecule has 0 spiro atoms. The molecule has 0 radical (unpaired) electrons. The van der Waals surface area contributed by atoms with Crippen LogP contribution in [0.2, 0.25) is 0 Å². The molecular formula is C19H20N2O4S. The van der Waals surface area contributed by atoms with Gasteiger partial charge in [-0.3, -0.25) is 4.57 Å². The summed E-state index contributed by atoms with van der Waals surface area (Å²) in [6.45, 7) is 0. The molecule has 0 aliphatic heterocycles. The lowest BCUT2D eigenvalue weighted by molar-refractivity contribution is 0.437. The Labute approximate surface area is 151 Å². The summed E-state index contributed by atoms with van der Waals surface area (Å²) in [5, 5.41) is 0. The van der Waals surface area contributed by atoms with Gasteiger partial charge >= 0.3 is 5.76 Å². The highest BCUT2D eigenvalue weighted by molar-refractivity contribution is 7.89. The van der Waals surface area contributed by atoms with Crippen LogP contribution in [0, 0.1) is 0 Å². The largest absolute Gasteiger partial charge is 0.420 e. The quantitative estimate of drug-likeness (QED) is 0.709. The number of benzene rings is 2. The van der Waals surface area contributed by atoms with Crippen molar-refractivity contribution in [3.8, 4) is 0 Å². The van der Waals surface area contributed by atoms with Crippen molar-refractivity contribution in [1.29, 1.82) is 0 Å². The summed E-state index contributed by atoms with van der Waals surface area (Å²) in [7, 11) is -0.639. The fourth-order valence-electron chi connectivity index (χ4n) is 3.68. The molecule has 1 aliphatic carbocycles. The zero-order valence-corrected chi connectivity index (χ0v) is 15.5. The minimum absolute atomic E-state index is 0.0926. The highest BCUT2D eigenvalue weighted by Gasteiger charge is 2.26. The third-order valence-corrected chi connectivity index (χ3v) is 6.82. The van der Waals surface area contributed by atoms with E-state index >= 15 is 0 Å². The molecule has 26 heavy (non-hydrogen) atoms. The third-order valence-electron chi connectivity index (χ3n) is 5.01. The van der Waals surface area contributed by atoms with E-state index in [1.165, 1.54) is 31.8 Å². The summed E-state index contributed by atoms with van der Waals surface area (Å²) < 4.78 is 32.9. The molecule has 0 N–H and O–H groups in total. The molecule has 3 aromatic rings. The summed E-state index contributed by atoms with van der Waals surface area (Å²) in [5.41, 5.74) is 3.29. The maximum Gasteiger partial charge on any atom is 0.420 e. The van der Waals surface area contributed by atoms with Crippen LogP contribution in [0.3, 0.4) is 0 Å². The number of hydrogen-bond acceptors (Lipinski definition) is 4. The number of aromatic nitrogens is 1. The van der Waals surface area contributed by atoms with Crippen LogP contribution in [0.4, 0.5) is 0 Å². The Balaban J connectivity index is 1.89. The first-order chi connectivity index (χ1) is 12.4. The molecule has 0 saturated heterocycles. The number of rotatable bonds is 3. The first-order valence-corrected chi connectivity index (χ1v) is 9.99. The predicted octanol–water partition coefficient (Wildman–Crippen LogP) is 2.77. The third kappa shape index (κ3) is 2.59. The highest BCUT2D eigenvalue weighted by atomic mass is 32.2. The number of hydrogen-bond donors (Lipinski definition) is 0. The molecule has 4 rings (SSSR count). The van der Waals surface area contributed by atoms with Gasteiger partial charge in [0.2, 0.25) is 10.0 Å². The van der Waals surface area contributed by atoms with Gasteiger partial charge in [-0.15, -0.1) is 0 Å². The second-order valence-corrected chi connectivity index (χ2v) is 8.91. The van der Waals surface area contributed by atoms with Crippen LogP contribution in [0.5, 0.6) is 0 Å². The fourth-order valence-corrected chi connectivity index (χ4v) is 4.60. The van der Waals surface area contributed by atoms with Gasteiger partial charge in [0.25, 0.3) is 0 Å². The summed E-state index contributed by atoms with van der Waals surface area (Å²) in [6.07, 6.45) is 2.85. The van der Waals surface area contributed by atoms with E-state index in [-0.39, 0.29) is 10.9 Å². The summed E-state index contributed by atoms with van der Waals surface area (Å²) in [5.74, 6) is -0.457. The molecule has 1 unspecified atom stereocenters. The van der Waals surface area contributed by atoms with Gasteiger partial charge in [-0.05, 0) is 42.5 Å². The van der Waals surface area contributed by atoms with Crippen molar-refractivity contribution < 1.29 is 12.8 Å². The van der Waals surface area contributed by atoms with E-state index in [2.05, 4.69) is 12.1 Å². The smallest absolute Gasteiger partial charge is 0.408 e. The van der Waals surface area contributed by atoms with Gasteiger partial charge in [0.1, 0.15) is 0 Å². The number of oxazole rings is 1. The lowest BCUT2D eigenvalue weighted by Crippen LogP contribution is -2.25. The minimum Gasteiger partial charge on any atom is -0.408 e. The van der Waals surface area contributed by atoms with Crippen molar-refractivity contribution in [2.24, 2.45) is 0 Å². The van der Waals surface area contributed by atoms with Gasteiger partial charge in [-0.1, -0.05) is 24.3 Å². The van der Waals surface area contributed by atoms with Crippen LogP contribution >= 0.6 is 0 Å². The number of nitrogens with zero attached hydrogens (tertiary/aromatic N) is 2. The second kappa shape index (κ2) is 6.10. The van der Waals surface area contributed by atoms with Crippen molar-refractivity contribution in [2.45, 2.75) is 30.2 Å². The van der Waals surface area contributed by atoms with Crippen LogP contribution in [-0.4, -0.2) is 31.4 Å². The lowest BCUT2D eigenvalue weighted by Gasteiger charge is -2.26. The number of aryl methyl sites for hydroxylation is 1. The zero-order valence-electron chi connectivity index (χ0n) is 14.7. The van der Waals surface area contributed by atoms with Crippen molar-refractivity contribution in [1.82, 2.24) is 8.87 Å². The molecule has 136 valence electrons. The van der Waals surface area contributed by atoms with Crippen LogP contribution < -0.4 is 5.76 Å². The van der Waals surface area contributed by atoms with Crippen LogP contribution in [0.1, 0.15) is 30.0 Å². The van der Waals surface area contributed by atoms with Crippen molar-refractivity contribution in [3.05, 3.63) is 64.1 Å². The second-order valence-electron chi connectivity index (χ2n) is 6.76. The Kier molecular flexibility index (Phi) is 4.00. The van der Waals surface area contributed by atoms with Gasteiger partial charge in [0.15, 0.2) is 5.58 Å². The SMILES string of the molecule is CN(C)S(=O)(=O)c1ccc2c(c1)oc(=O)n2C1CCCc2ccccc21. The van der Waals surface area contributed by atoms with Crippen molar-refractivity contribution in [2.75, 3.05) is 14.1 Å². The first kappa shape index (κ1) is 17.1. The molecule has 0 fully saturated rings. The molecule has 6 nitrogen and oxygen atoms in total. The normalized spacial score (nSPS) is 17.6. The maximum absolute atomic E-state index is 12.6. The van der Waals surface area contributed by atoms with Crippen molar-refractivity contribution in [3.63, 3.8) is 0 Å². The predicted molar refractivity (Wildman–Crippen MR) is 98.9 cm³/mol. The Morgan fingerprint density at radius 3 is 2.69 bits per heavy atom. The van der Waals surface area contributed by atoms with E-state index in [0.717, 1.165) is 29.1 Å². The molecule has 1 atom stereocenters. The molecule has 0 saturated carbocycles. The van der Waals surface area contributed by atoms with Gasteiger partial charge in [0.05, 0.1) is 16.5 Å². The number of sulfonamides is 1. The van der Waals surface area contributed by atoms with Crippen LogP contribution in [-0.2, 0) is 16.4 Å². The van der Waals surface area contributed by atoms with Crippen LogP contribution in [0.25, 0.3) is 11.1 Å². The Hall–Kier alpha value is -2.38. The molecule has 1 aromatic heterocycles. The molecule has 0 amide bonds. The standard InChI is InChI=1S/C19H20N2O4S/c1-20(2)26(23,24)14-10-11-17-18(12-14)25-19(22)21(17)16-9-5-7-13-6-3-4-8-15(13)16/h3-4,6,8,10-12,16H,5,7,9H2,1-2H3. The van der Waals surface area contributed by atoms with E-state index in [9.17, 15) is 13.2 Å². The van der Waals surface area contributed by atoms with Gasteiger partial charge < -0.3 is 4.42 Å². The Bertz CT molecular complexity index is 1140. The first-order valence-electron chi connectivity index (χ1n) is 8.55. The van der Waals surface area contributed by atoms with E-state index in [0.29, 0.717) is 11.1 Å². The molecule has 0 bridgehead atoms. The van der Waals surface area contributed by atoms with E-state index in [4.69, 9.17) is 4.42 Å². The van der Waals surface area contributed by atoms with Gasteiger partial charge in [0, 0.05) is 20.2 Å². The molecule has 7 heteroatoms. The molecule has 2 aromatic carbocycles. The molecule has 1 heterocycles. The van der Waals surface area contributed by atoms with E-state index < -0.39 is 15.8 Å². The average Bonchev–Trinajstić information content (AvgIpc) is 2.95. The molecular weight excluding hydrogens is 352 g/mol. The highest BCUT2D eigenvalue weighted by Crippen LogP contribution is 2.34. The average molecular weight is 372 g/mol. The van der Waals surface area contributed by atoms with E-state index in [1.807, 2.05) is 12.1 Å². The van der Waals surface area contributed by atoms with Gasteiger partial charge in [-0.25, -0.2) is 17.5 Å².